The van der Waals surface area contributed by atoms with Gasteiger partial charge in [0.1, 0.15) is 11.2 Å². The molecule has 0 saturated carbocycles. The Balaban J connectivity index is 2.75. The lowest BCUT2D eigenvalue weighted by atomic mass is 10.0. The number of hydrogen-bond acceptors (Lipinski definition) is 5. The van der Waals surface area contributed by atoms with Crippen molar-refractivity contribution >= 4 is 12.1 Å². The summed E-state index contributed by atoms with van der Waals surface area (Å²) in [6, 6.07) is -0.146. The quantitative estimate of drug-likeness (QED) is 0.383. The van der Waals surface area contributed by atoms with E-state index in [1.54, 1.807) is 31.0 Å². The zero-order valence-electron chi connectivity index (χ0n) is 19.0. The van der Waals surface area contributed by atoms with Crippen LogP contribution in [-0.2, 0) is 17.4 Å². The number of nitrogens with one attached hydrogen (secondary N) is 3. The van der Waals surface area contributed by atoms with Gasteiger partial charge in [0, 0.05) is 31.9 Å². The normalized spacial score (nSPS) is 15.6. The van der Waals surface area contributed by atoms with Gasteiger partial charge in [-0.1, -0.05) is 13.8 Å². The van der Waals surface area contributed by atoms with Crippen LogP contribution >= 0.6 is 0 Å². The second kappa shape index (κ2) is 10.5. The SMILES string of the molecule is CCNC(=NCC(C)(O)c1cnn(C)c1)NCC(NC(=O)OC(C)(C)C)C(C)C. The first-order chi connectivity index (χ1) is 13.3. The van der Waals surface area contributed by atoms with Crippen molar-refractivity contribution in [1.82, 2.24) is 25.7 Å². The number of aromatic nitrogens is 2. The number of nitrogens with zero attached hydrogens (tertiary/aromatic N) is 3. The maximum absolute atomic E-state index is 12.1. The molecule has 0 bridgehead atoms. The van der Waals surface area contributed by atoms with Crippen molar-refractivity contribution in [2.24, 2.45) is 18.0 Å². The van der Waals surface area contributed by atoms with Crippen molar-refractivity contribution in [3.63, 3.8) is 0 Å². The Hall–Kier alpha value is -2.29. The Kier molecular flexibility index (Phi) is 8.94. The smallest absolute Gasteiger partial charge is 0.407 e. The number of amides is 1. The Bertz CT molecular complexity index is 676. The molecule has 0 radical (unpaired) electrons. The van der Waals surface area contributed by atoms with E-state index in [1.807, 2.05) is 41.5 Å². The summed E-state index contributed by atoms with van der Waals surface area (Å²) < 4.78 is 7.00. The minimum absolute atomic E-state index is 0.146. The third-order valence-electron chi connectivity index (χ3n) is 4.21. The minimum atomic E-state index is -1.14. The molecule has 0 aliphatic carbocycles. The molecule has 1 heterocycles. The van der Waals surface area contributed by atoms with E-state index in [4.69, 9.17) is 4.74 Å². The van der Waals surface area contributed by atoms with Gasteiger partial charge in [0.05, 0.1) is 18.8 Å². The standard InChI is InChI=1S/C20H38N6O3/c1-9-21-17(23-13-20(7,28)15-10-24-26(8)12-15)22-11-16(14(2)3)25-18(27)29-19(4,5)6/h10,12,14,16,28H,9,11,13H2,1-8H3,(H,25,27)(H2,21,22,23). The third kappa shape index (κ3) is 9.17. The van der Waals surface area contributed by atoms with Gasteiger partial charge in [-0.05, 0) is 40.5 Å². The van der Waals surface area contributed by atoms with Crippen LogP contribution in [0, 0.1) is 5.92 Å². The van der Waals surface area contributed by atoms with Gasteiger partial charge >= 0.3 is 6.09 Å². The molecule has 0 spiro atoms. The summed E-state index contributed by atoms with van der Waals surface area (Å²) >= 11 is 0. The Morgan fingerprint density at radius 1 is 1.31 bits per heavy atom. The predicted octanol–water partition coefficient (Wildman–Crippen LogP) is 1.73. The minimum Gasteiger partial charge on any atom is -0.444 e. The van der Waals surface area contributed by atoms with E-state index >= 15 is 0 Å². The lowest BCUT2D eigenvalue weighted by molar-refractivity contribution is 0.0491. The highest BCUT2D eigenvalue weighted by Gasteiger charge is 2.25. The first-order valence-electron chi connectivity index (χ1n) is 10.1. The van der Waals surface area contributed by atoms with Crippen LogP contribution in [0.1, 0.15) is 54.0 Å². The zero-order chi connectivity index (χ0) is 22.2. The molecule has 0 saturated heterocycles. The number of rotatable bonds is 8. The maximum Gasteiger partial charge on any atom is 0.407 e. The second-order valence-corrected chi connectivity index (χ2v) is 8.75. The molecule has 9 nitrogen and oxygen atoms in total. The van der Waals surface area contributed by atoms with Crippen molar-refractivity contribution in [1.29, 1.82) is 0 Å². The van der Waals surface area contributed by atoms with Gasteiger partial charge in [-0.15, -0.1) is 0 Å². The zero-order valence-corrected chi connectivity index (χ0v) is 19.0. The van der Waals surface area contributed by atoms with Crippen molar-refractivity contribution in [3.8, 4) is 0 Å². The van der Waals surface area contributed by atoms with Gasteiger partial charge in [-0.3, -0.25) is 4.68 Å². The van der Waals surface area contributed by atoms with Crippen molar-refractivity contribution in [2.45, 2.75) is 65.7 Å². The second-order valence-electron chi connectivity index (χ2n) is 8.75. The van der Waals surface area contributed by atoms with Gasteiger partial charge in [0.15, 0.2) is 5.96 Å². The van der Waals surface area contributed by atoms with E-state index in [1.165, 1.54) is 0 Å². The monoisotopic (exact) mass is 410 g/mol. The van der Waals surface area contributed by atoms with Crippen molar-refractivity contribution < 1.29 is 14.6 Å². The summed E-state index contributed by atoms with van der Waals surface area (Å²) in [5.41, 5.74) is -0.984. The number of alkyl carbamates (subject to hydrolysis) is 1. The van der Waals surface area contributed by atoms with E-state index in [0.717, 1.165) is 0 Å². The topological polar surface area (TPSA) is 113 Å². The predicted molar refractivity (Wildman–Crippen MR) is 115 cm³/mol. The molecule has 2 unspecified atom stereocenters. The van der Waals surface area contributed by atoms with Crippen LogP contribution in [0.15, 0.2) is 17.4 Å². The largest absolute Gasteiger partial charge is 0.444 e. The molecule has 1 amide bonds. The lowest BCUT2D eigenvalue weighted by Gasteiger charge is -2.27. The number of aliphatic imine (C=N–C) groups is 1. The number of ether oxygens (including phenoxy) is 1. The van der Waals surface area contributed by atoms with Crippen LogP contribution in [0.5, 0.6) is 0 Å². The maximum atomic E-state index is 12.1. The van der Waals surface area contributed by atoms with E-state index in [-0.39, 0.29) is 18.5 Å². The van der Waals surface area contributed by atoms with Crippen LogP contribution < -0.4 is 16.0 Å². The van der Waals surface area contributed by atoms with Crippen molar-refractivity contribution in [2.75, 3.05) is 19.6 Å². The number of guanidine groups is 1. The average molecular weight is 411 g/mol. The summed E-state index contributed by atoms with van der Waals surface area (Å²) in [7, 11) is 1.80. The fourth-order valence-corrected chi connectivity index (χ4v) is 2.48. The average Bonchev–Trinajstić information content (AvgIpc) is 3.01. The fourth-order valence-electron chi connectivity index (χ4n) is 2.48. The Labute approximate surface area is 174 Å². The van der Waals surface area contributed by atoms with E-state index < -0.39 is 17.3 Å². The van der Waals surface area contributed by atoms with Crippen LogP contribution in [0.4, 0.5) is 4.79 Å². The van der Waals surface area contributed by atoms with Gasteiger partial charge in [-0.2, -0.15) is 5.10 Å². The molecule has 9 heteroatoms. The molecule has 2 atom stereocenters. The summed E-state index contributed by atoms with van der Waals surface area (Å²) in [6.07, 6.45) is 2.96. The Morgan fingerprint density at radius 3 is 2.45 bits per heavy atom. The highest BCUT2D eigenvalue weighted by atomic mass is 16.6. The van der Waals surface area contributed by atoms with Gasteiger partial charge in [0.2, 0.25) is 0 Å². The van der Waals surface area contributed by atoms with Crippen LogP contribution in [0.25, 0.3) is 0 Å². The fraction of sp³-hybridized carbons (Fsp3) is 0.750. The molecule has 0 aromatic carbocycles. The highest BCUT2D eigenvalue weighted by Crippen LogP contribution is 2.19. The van der Waals surface area contributed by atoms with Crippen molar-refractivity contribution in [3.05, 3.63) is 18.0 Å². The summed E-state index contributed by atoms with van der Waals surface area (Å²) in [6.45, 7) is 14.5. The molecule has 0 aliphatic heterocycles. The lowest BCUT2D eigenvalue weighted by Crippen LogP contribution is -2.50. The van der Waals surface area contributed by atoms with E-state index in [0.29, 0.717) is 24.6 Å². The van der Waals surface area contributed by atoms with Crippen LogP contribution in [-0.4, -0.2) is 58.2 Å². The van der Waals surface area contributed by atoms with Gasteiger partial charge < -0.3 is 25.8 Å². The number of hydrogen-bond donors (Lipinski definition) is 4. The molecule has 0 fully saturated rings. The number of carbonyl (C=O) groups excluding carboxylic acids is 1. The highest BCUT2D eigenvalue weighted by molar-refractivity contribution is 5.80. The van der Waals surface area contributed by atoms with E-state index in [9.17, 15) is 9.90 Å². The van der Waals surface area contributed by atoms with Gasteiger partial charge in [-0.25, -0.2) is 9.79 Å². The molecular formula is C20H38N6O3. The third-order valence-corrected chi connectivity index (χ3v) is 4.21. The molecule has 0 aliphatic rings. The summed E-state index contributed by atoms with van der Waals surface area (Å²) in [5.74, 6) is 0.754. The Morgan fingerprint density at radius 2 is 1.97 bits per heavy atom. The number of carbonyl (C=O) groups is 1. The molecule has 29 heavy (non-hydrogen) atoms. The van der Waals surface area contributed by atoms with Gasteiger partial charge in [0.25, 0.3) is 0 Å². The number of aryl methyl sites for hydroxylation is 1. The molecule has 1 aromatic rings. The van der Waals surface area contributed by atoms with E-state index in [2.05, 4.69) is 26.0 Å². The molecule has 4 N–H and O–H groups in total. The molecule has 1 rings (SSSR count). The summed E-state index contributed by atoms with van der Waals surface area (Å²) in [4.78, 5) is 16.6. The summed E-state index contributed by atoms with van der Waals surface area (Å²) in [5, 5.41) is 24.1. The molecule has 1 aromatic heterocycles. The first-order valence-corrected chi connectivity index (χ1v) is 10.1. The molecule has 166 valence electrons. The first kappa shape index (κ1) is 24.7. The van der Waals surface area contributed by atoms with Crippen LogP contribution in [0.3, 0.4) is 0 Å². The van der Waals surface area contributed by atoms with Crippen LogP contribution in [0.2, 0.25) is 0 Å². The molecular weight excluding hydrogens is 372 g/mol. The number of aliphatic hydroxyl groups is 1.